The van der Waals surface area contributed by atoms with Crippen LogP contribution >= 0.6 is 0 Å². The van der Waals surface area contributed by atoms with E-state index in [9.17, 15) is 9.90 Å². The standard InChI is InChI=1S/C22H21NO5/c1-13(24)21-17-12-26-22(25)20(17)23(28-21)11-14-6-8-15(9-7-14)19-10-16-4-2-3-5-18(16)27-19/h2-10,13,17,20-21,24H,11-12H2,1H3/t13-,17-,20?,21?/m0/s1. The molecule has 2 saturated heterocycles. The fraction of sp³-hybridized carbons (Fsp3) is 0.318. The number of rotatable bonds is 4. The second-order valence-electron chi connectivity index (χ2n) is 7.47. The maximum absolute atomic E-state index is 12.1. The Morgan fingerprint density at radius 1 is 1.18 bits per heavy atom. The summed E-state index contributed by atoms with van der Waals surface area (Å²) in [5.74, 6) is 0.396. The largest absolute Gasteiger partial charge is 0.464 e. The lowest BCUT2D eigenvalue weighted by atomic mass is 9.95. The number of fused-ring (bicyclic) bond motifs is 2. The fourth-order valence-corrected chi connectivity index (χ4v) is 4.10. The molecule has 2 unspecified atom stereocenters. The molecule has 0 aliphatic carbocycles. The molecule has 2 fully saturated rings. The molecule has 0 saturated carbocycles. The van der Waals surface area contributed by atoms with E-state index in [0.29, 0.717) is 13.2 Å². The highest BCUT2D eigenvalue weighted by molar-refractivity contribution is 5.82. The summed E-state index contributed by atoms with van der Waals surface area (Å²) < 4.78 is 11.1. The summed E-state index contributed by atoms with van der Waals surface area (Å²) in [6.07, 6.45) is -1.09. The number of ether oxygens (including phenoxy) is 1. The van der Waals surface area contributed by atoms with Crippen molar-refractivity contribution in [2.45, 2.75) is 31.7 Å². The van der Waals surface area contributed by atoms with E-state index in [1.807, 2.05) is 54.6 Å². The van der Waals surface area contributed by atoms with Gasteiger partial charge < -0.3 is 14.3 Å². The molecular formula is C22H21NO5. The summed E-state index contributed by atoms with van der Waals surface area (Å²) in [6, 6.07) is 17.5. The highest BCUT2D eigenvalue weighted by Crippen LogP contribution is 2.36. The van der Waals surface area contributed by atoms with Crippen LogP contribution in [0, 0.1) is 5.92 Å². The maximum atomic E-state index is 12.1. The lowest BCUT2D eigenvalue weighted by Crippen LogP contribution is -2.35. The normalized spacial score (nSPS) is 25.8. The van der Waals surface area contributed by atoms with Crippen LogP contribution in [0.15, 0.2) is 59.0 Å². The van der Waals surface area contributed by atoms with E-state index in [2.05, 4.69) is 0 Å². The average molecular weight is 379 g/mol. The second kappa shape index (κ2) is 6.74. The van der Waals surface area contributed by atoms with Crippen molar-refractivity contribution >= 4 is 16.9 Å². The molecule has 6 heteroatoms. The molecule has 0 amide bonds. The molecule has 6 nitrogen and oxygen atoms in total. The van der Waals surface area contributed by atoms with Gasteiger partial charge in [0.2, 0.25) is 0 Å². The number of para-hydroxylation sites is 1. The van der Waals surface area contributed by atoms with Gasteiger partial charge in [0, 0.05) is 10.9 Å². The molecule has 1 N–H and O–H groups in total. The summed E-state index contributed by atoms with van der Waals surface area (Å²) >= 11 is 0. The van der Waals surface area contributed by atoms with Gasteiger partial charge in [-0.25, -0.2) is 0 Å². The lowest BCUT2D eigenvalue weighted by molar-refractivity contribution is -0.202. The number of carbonyl (C=O) groups is 1. The molecule has 2 aliphatic heterocycles. The summed E-state index contributed by atoms with van der Waals surface area (Å²) in [6.45, 7) is 2.41. The van der Waals surface area contributed by atoms with Gasteiger partial charge in [-0.1, -0.05) is 42.5 Å². The zero-order valence-electron chi connectivity index (χ0n) is 15.4. The zero-order chi connectivity index (χ0) is 19.3. The smallest absolute Gasteiger partial charge is 0.326 e. The molecule has 0 radical (unpaired) electrons. The highest BCUT2D eigenvalue weighted by Gasteiger charge is 2.54. The van der Waals surface area contributed by atoms with E-state index in [-0.39, 0.29) is 11.9 Å². The fourth-order valence-electron chi connectivity index (χ4n) is 4.10. The summed E-state index contributed by atoms with van der Waals surface area (Å²) in [7, 11) is 0. The summed E-state index contributed by atoms with van der Waals surface area (Å²) in [4.78, 5) is 18.0. The van der Waals surface area contributed by atoms with Crippen molar-refractivity contribution in [3.8, 4) is 11.3 Å². The number of benzene rings is 2. The van der Waals surface area contributed by atoms with Crippen molar-refractivity contribution in [3.63, 3.8) is 0 Å². The maximum Gasteiger partial charge on any atom is 0.326 e. The topological polar surface area (TPSA) is 72.1 Å². The van der Waals surface area contributed by atoms with Crippen molar-refractivity contribution in [1.29, 1.82) is 0 Å². The van der Waals surface area contributed by atoms with Gasteiger partial charge in [0.25, 0.3) is 0 Å². The first-order valence-electron chi connectivity index (χ1n) is 9.46. The molecular weight excluding hydrogens is 358 g/mol. The Bertz CT molecular complexity index is 976. The lowest BCUT2D eigenvalue weighted by Gasteiger charge is -2.21. The molecule has 3 aromatic rings. The van der Waals surface area contributed by atoms with E-state index >= 15 is 0 Å². The van der Waals surface area contributed by atoms with Crippen LogP contribution in [0.4, 0.5) is 0 Å². The van der Waals surface area contributed by atoms with E-state index in [1.54, 1.807) is 12.0 Å². The number of carbonyl (C=O) groups excluding carboxylic acids is 1. The van der Waals surface area contributed by atoms with Crippen molar-refractivity contribution in [2.75, 3.05) is 6.61 Å². The Labute approximate surface area is 162 Å². The van der Waals surface area contributed by atoms with E-state index in [0.717, 1.165) is 27.9 Å². The van der Waals surface area contributed by atoms with Crippen LogP contribution < -0.4 is 0 Å². The number of furan rings is 1. The number of aliphatic hydroxyl groups is 1. The SMILES string of the molecule is C[C@H](O)C1ON(Cc2ccc(-c3cc4ccccc4o3)cc2)C2C(=O)OC[C@H]12. The predicted molar refractivity (Wildman–Crippen MR) is 102 cm³/mol. The Balaban J connectivity index is 1.35. The monoisotopic (exact) mass is 379 g/mol. The van der Waals surface area contributed by atoms with Crippen LogP contribution in [0.25, 0.3) is 22.3 Å². The van der Waals surface area contributed by atoms with E-state index < -0.39 is 18.2 Å². The highest BCUT2D eigenvalue weighted by atomic mass is 16.7. The molecule has 3 heterocycles. The first-order valence-corrected chi connectivity index (χ1v) is 9.46. The van der Waals surface area contributed by atoms with Crippen LogP contribution in [0.5, 0.6) is 0 Å². The van der Waals surface area contributed by atoms with Crippen LogP contribution in [-0.2, 0) is 20.9 Å². The minimum Gasteiger partial charge on any atom is -0.464 e. The van der Waals surface area contributed by atoms with Crippen LogP contribution in [0.1, 0.15) is 12.5 Å². The number of hydrogen-bond donors (Lipinski definition) is 1. The van der Waals surface area contributed by atoms with Crippen molar-refractivity contribution in [3.05, 3.63) is 60.2 Å². The number of hydroxylamine groups is 2. The van der Waals surface area contributed by atoms with Gasteiger partial charge in [-0.15, -0.1) is 0 Å². The van der Waals surface area contributed by atoms with Gasteiger partial charge in [0.15, 0.2) is 0 Å². The predicted octanol–water partition coefficient (Wildman–Crippen LogP) is 3.14. The third-order valence-electron chi connectivity index (χ3n) is 5.53. The van der Waals surface area contributed by atoms with Gasteiger partial charge in [0.05, 0.1) is 25.2 Å². The van der Waals surface area contributed by atoms with Gasteiger partial charge in [-0.3, -0.25) is 9.63 Å². The van der Waals surface area contributed by atoms with Crippen molar-refractivity contribution in [2.24, 2.45) is 5.92 Å². The first kappa shape index (κ1) is 17.4. The average Bonchev–Trinajstić information content (AvgIpc) is 3.38. The van der Waals surface area contributed by atoms with E-state index in [1.165, 1.54) is 0 Å². The third kappa shape index (κ3) is 2.90. The number of esters is 1. The minimum absolute atomic E-state index is 0.137. The van der Waals surface area contributed by atoms with Gasteiger partial charge in [-0.05, 0) is 24.6 Å². The molecule has 5 rings (SSSR count). The number of aliphatic hydroxyl groups excluding tert-OH is 1. The second-order valence-corrected chi connectivity index (χ2v) is 7.47. The minimum atomic E-state index is -0.664. The molecule has 144 valence electrons. The molecule has 28 heavy (non-hydrogen) atoms. The van der Waals surface area contributed by atoms with Gasteiger partial charge in [0.1, 0.15) is 23.5 Å². The number of hydrogen-bond acceptors (Lipinski definition) is 6. The van der Waals surface area contributed by atoms with Crippen molar-refractivity contribution in [1.82, 2.24) is 5.06 Å². The quantitative estimate of drug-likeness (QED) is 0.702. The molecule has 2 aromatic carbocycles. The molecule has 0 bridgehead atoms. The van der Waals surface area contributed by atoms with Gasteiger partial charge in [-0.2, -0.15) is 5.06 Å². The Kier molecular flexibility index (Phi) is 4.19. The summed E-state index contributed by atoms with van der Waals surface area (Å²) in [5, 5.41) is 12.7. The number of nitrogens with zero attached hydrogens (tertiary/aromatic N) is 1. The Morgan fingerprint density at radius 2 is 1.96 bits per heavy atom. The Hall–Kier alpha value is -2.67. The van der Waals surface area contributed by atoms with Crippen LogP contribution in [0.2, 0.25) is 0 Å². The van der Waals surface area contributed by atoms with Crippen LogP contribution in [0.3, 0.4) is 0 Å². The zero-order valence-corrected chi connectivity index (χ0v) is 15.4. The first-order chi connectivity index (χ1) is 13.6. The van der Waals surface area contributed by atoms with E-state index in [4.69, 9.17) is 14.0 Å². The van der Waals surface area contributed by atoms with Crippen LogP contribution in [-0.4, -0.2) is 41.0 Å². The summed E-state index contributed by atoms with van der Waals surface area (Å²) in [5.41, 5.74) is 2.86. The number of cyclic esters (lactones) is 1. The molecule has 1 aromatic heterocycles. The third-order valence-corrected chi connectivity index (χ3v) is 5.53. The molecule has 0 spiro atoms. The Morgan fingerprint density at radius 3 is 2.71 bits per heavy atom. The van der Waals surface area contributed by atoms with Gasteiger partial charge >= 0.3 is 5.97 Å². The molecule has 2 aliphatic rings. The molecule has 4 atom stereocenters. The van der Waals surface area contributed by atoms with Crippen molar-refractivity contribution < 1.29 is 23.9 Å².